The summed E-state index contributed by atoms with van der Waals surface area (Å²) in [5.74, 6) is 0.999. The molecule has 6 nitrogen and oxygen atoms in total. The highest BCUT2D eigenvalue weighted by atomic mass is 16.6. The van der Waals surface area contributed by atoms with E-state index in [-0.39, 0.29) is 12.1 Å². The summed E-state index contributed by atoms with van der Waals surface area (Å²) in [5, 5.41) is 3.36. The van der Waals surface area contributed by atoms with Gasteiger partial charge in [-0.05, 0) is 37.9 Å². The van der Waals surface area contributed by atoms with Crippen molar-refractivity contribution in [1.82, 2.24) is 15.3 Å². The Morgan fingerprint density at radius 2 is 1.96 bits per heavy atom. The number of rotatable bonds is 4. The van der Waals surface area contributed by atoms with E-state index in [9.17, 15) is 4.79 Å². The Morgan fingerprint density at radius 1 is 1.16 bits per heavy atom. The van der Waals surface area contributed by atoms with E-state index in [0.29, 0.717) is 18.3 Å². The van der Waals surface area contributed by atoms with Crippen LogP contribution in [0.5, 0.6) is 0 Å². The van der Waals surface area contributed by atoms with Crippen LogP contribution in [-0.2, 0) is 11.2 Å². The van der Waals surface area contributed by atoms with E-state index in [4.69, 9.17) is 9.72 Å². The second-order valence-corrected chi connectivity index (χ2v) is 6.62. The van der Waals surface area contributed by atoms with Gasteiger partial charge in [-0.25, -0.2) is 9.78 Å². The van der Waals surface area contributed by atoms with Crippen LogP contribution in [0.25, 0.3) is 0 Å². The Hall–Kier alpha value is -2.47. The molecule has 0 unspecified atom stereocenters. The van der Waals surface area contributed by atoms with E-state index >= 15 is 0 Å². The van der Waals surface area contributed by atoms with Crippen molar-refractivity contribution in [2.24, 2.45) is 0 Å². The summed E-state index contributed by atoms with van der Waals surface area (Å²) in [6, 6.07) is 10.1. The molecule has 0 aliphatic carbocycles. The molecule has 6 heteroatoms. The minimum absolute atomic E-state index is 0.0486. The third-order valence-electron chi connectivity index (χ3n) is 4.92. The van der Waals surface area contributed by atoms with Gasteiger partial charge in [0.05, 0.1) is 17.9 Å². The van der Waals surface area contributed by atoms with Gasteiger partial charge in [-0.15, -0.1) is 0 Å². The number of cyclic esters (lactones) is 1. The van der Waals surface area contributed by atoms with Crippen molar-refractivity contribution >= 4 is 11.9 Å². The Kier molecular flexibility index (Phi) is 4.61. The number of benzene rings is 1. The molecule has 2 aromatic rings. The van der Waals surface area contributed by atoms with E-state index in [1.807, 2.05) is 24.4 Å². The van der Waals surface area contributed by atoms with Crippen LogP contribution >= 0.6 is 0 Å². The third kappa shape index (κ3) is 3.49. The van der Waals surface area contributed by atoms with Crippen LogP contribution in [-0.4, -0.2) is 41.8 Å². The Morgan fingerprint density at radius 3 is 2.76 bits per heavy atom. The molecule has 1 atom stereocenters. The predicted octanol–water partition coefficient (Wildman–Crippen LogP) is 2.51. The van der Waals surface area contributed by atoms with Crippen molar-refractivity contribution in [3.8, 4) is 0 Å². The molecule has 1 aromatic carbocycles. The number of nitrogens with one attached hydrogen (secondary N) is 1. The van der Waals surface area contributed by atoms with Crippen LogP contribution < -0.4 is 10.2 Å². The molecule has 4 rings (SSSR count). The molecule has 0 bridgehead atoms. The summed E-state index contributed by atoms with van der Waals surface area (Å²) < 4.78 is 5.30. The zero-order valence-electron chi connectivity index (χ0n) is 14.1. The molecule has 2 fully saturated rings. The molecule has 25 heavy (non-hydrogen) atoms. The van der Waals surface area contributed by atoms with Crippen molar-refractivity contribution in [2.45, 2.75) is 31.2 Å². The van der Waals surface area contributed by atoms with Crippen LogP contribution in [0.3, 0.4) is 0 Å². The maximum atomic E-state index is 12.3. The van der Waals surface area contributed by atoms with Crippen LogP contribution in [0.4, 0.5) is 10.6 Å². The lowest BCUT2D eigenvalue weighted by atomic mass is 9.95. The first kappa shape index (κ1) is 16.0. The number of carbonyl (C=O) groups is 1. The second kappa shape index (κ2) is 7.19. The van der Waals surface area contributed by atoms with Crippen molar-refractivity contribution in [3.05, 3.63) is 54.0 Å². The average Bonchev–Trinajstić information content (AvgIpc) is 3.03. The minimum Gasteiger partial charge on any atom is -0.447 e. The standard InChI is InChI=1S/C19H22N4O2/c24-19-23(16(13-25-19)10-14-4-2-1-3-5-14)18-12-21-11-17(22-18)15-6-8-20-9-7-15/h1-5,11-12,15-16,20H,6-10,13H2/t16-/m0/s1. The smallest absolute Gasteiger partial charge is 0.415 e. The number of aromatic nitrogens is 2. The van der Waals surface area contributed by atoms with Crippen molar-refractivity contribution in [1.29, 1.82) is 0 Å². The number of ether oxygens (including phenoxy) is 1. The molecule has 2 saturated heterocycles. The number of anilines is 1. The largest absolute Gasteiger partial charge is 0.447 e. The van der Waals surface area contributed by atoms with E-state index in [0.717, 1.165) is 38.0 Å². The minimum atomic E-state index is -0.335. The summed E-state index contributed by atoms with van der Waals surface area (Å²) in [5.41, 5.74) is 2.15. The number of carbonyl (C=O) groups excluding carboxylic acids is 1. The lowest BCUT2D eigenvalue weighted by Crippen LogP contribution is -2.36. The zero-order chi connectivity index (χ0) is 17.1. The van der Waals surface area contributed by atoms with Gasteiger partial charge in [0.25, 0.3) is 0 Å². The monoisotopic (exact) mass is 338 g/mol. The van der Waals surface area contributed by atoms with E-state index in [1.54, 1.807) is 11.1 Å². The maximum absolute atomic E-state index is 12.3. The SMILES string of the molecule is O=C1OC[C@H](Cc2ccccc2)N1c1cncc(C2CCNCC2)n1. The number of piperidine rings is 1. The van der Waals surface area contributed by atoms with Gasteiger partial charge in [0.1, 0.15) is 6.61 Å². The summed E-state index contributed by atoms with van der Waals surface area (Å²) in [6.07, 6.45) is 6.00. The fourth-order valence-electron chi connectivity index (χ4n) is 3.58. The molecule has 0 radical (unpaired) electrons. The summed E-state index contributed by atoms with van der Waals surface area (Å²) >= 11 is 0. The number of hydrogen-bond donors (Lipinski definition) is 1. The number of amides is 1. The molecule has 1 amide bonds. The Labute approximate surface area is 147 Å². The van der Waals surface area contributed by atoms with Gasteiger partial charge in [-0.2, -0.15) is 0 Å². The molecule has 2 aliphatic rings. The van der Waals surface area contributed by atoms with Gasteiger partial charge in [-0.3, -0.25) is 9.88 Å². The lowest BCUT2D eigenvalue weighted by Gasteiger charge is -2.24. The van der Waals surface area contributed by atoms with Crippen molar-refractivity contribution in [3.63, 3.8) is 0 Å². The van der Waals surface area contributed by atoms with Gasteiger partial charge in [0.2, 0.25) is 0 Å². The zero-order valence-corrected chi connectivity index (χ0v) is 14.1. The molecule has 3 heterocycles. The molecule has 0 spiro atoms. The normalized spacial score (nSPS) is 21.4. The van der Waals surface area contributed by atoms with Gasteiger partial charge >= 0.3 is 6.09 Å². The lowest BCUT2D eigenvalue weighted by molar-refractivity contribution is 0.178. The topological polar surface area (TPSA) is 67.3 Å². The van der Waals surface area contributed by atoms with Crippen LogP contribution in [0, 0.1) is 0 Å². The van der Waals surface area contributed by atoms with E-state index in [1.165, 1.54) is 5.56 Å². The maximum Gasteiger partial charge on any atom is 0.415 e. The first-order chi connectivity index (χ1) is 12.3. The van der Waals surface area contributed by atoms with Crippen LogP contribution in [0.15, 0.2) is 42.7 Å². The van der Waals surface area contributed by atoms with Crippen molar-refractivity contribution in [2.75, 3.05) is 24.6 Å². The van der Waals surface area contributed by atoms with Gasteiger partial charge < -0.3 is 10.1 Å². The molecular formula is C19H22N4O2. The number of nitrogens with zero attached hydrogens (tertiary/aromatic N) is 3. The molecule has 2 aliphatic heterocycles. The highest BCUT2D eigenvalue weighted by Crippen LogP contribution is 2.27. The summed E-state index contributed by atoms with van der Waals surface area (Å²) in [6.45, 7) is 2.38. The highest BCUT2D eigenvalue weighted by molar-refractivity contribution is 5.89. The summed E-state index contributed by atoms with van der Waals surface area (Å²) in [7, 11) is 0. The average molecular weight is 338 g/mol. The fraction of sp³-hybridized carbons (Fsp3) is 0.421. The second-order valence-electron chi connectivity index (χ2n) is 6.62. The molecule has 130 valence electrons. The van der Waals surface area contributed by atoms with Gasteiger partial charge in [0, 0.05) is 12.1 Å². The Balaban J connectivity index is 1.57. The van der Waals surface area contributed by atoms with Crippen LogP contribution in [0.2, 0.25) is 0 Å². The molecule has 0 saturated carbocycles. The van der Waals surface area contributed by atoms with Gasteiger partial charge in [-0.1, -0.05) is 30.3 Å². The first-order valence-electron chi connectivity index (χ1n) is 8.84. The Bertz CT molecular complexity index is 731. The third-order valence-corrected chi connectivity index (χ3v) is 4.92. The fourth-order valence-corrected chi connectivity index (χ4v) is 3.58. The highest BCUT2D eigenvalue weighted by Gasteiger charge is 2.35. The van der Waals surface area contributed by atoms with Crippen LogP contribution in [0.1, 0.15) is 30.0 Å². The predicted molar refractivity (Wildman–Crippen MR) is 94.6 cm³/mol. The first-order valence-corrected chi connectivity index (χ1v) is 8.84. The molecular weight excluding hydrogens is 316 g/mol. The van der Waals surface area contributed by atoms with E-state index in [2.05, 4.69) is 22.4 Å². The van der Waals surface area contributed by atoms with Crippen molar-refractivity contribution < 1.29 is 9.53 Å². The quantitative estimate of drug-likeness (QED) is 0.928. The van der Waals surface area contributed by atoms with Gasteiger partial charge in [0.15, 0.2) is 5.82 Å². The summed E-state index contributed by atoms with van der Waals surface area (Å²) in [4.78, 5) is 23.0. The number of hydrogen-bond acceptors (Lipinski definition) is 5. The molecule has 1 N–H and O–H groups in total. The van der Waals surface area contributed by atoms with E-state index < -0.39 is 0 Å². The molecule has 1 aromatic heterocycles.